The Hall–Kier alpha value is -3.21. The fourth-order valence-electron chi connectivity index (χ4n) is 4.02. The van der Waals surface area contributed by atoms with Gasteiger partial charge in [0.1, 0.15) is 12.1 Å². The predicted octanol–water partition coefficient (Wildman–Crippen LogP) is 1.62. The average molecular weight is 410 g/mol. The van der Waals surface area contributed by atoms with Crippen LogP contribution in [0.5, 0.6) is 0 Å². The minimum absolute atomic E-state index is 0.0368. The first-order valence-corrected chi connectivity index (χ1v) is 10.3. The molecule has 3 atom stereocenters. The molecular weight excluding hydrogens is 384 g/mol. The third kappa shape index (κ3) is 4.35. The summed E-state index contributed by atoms with van der Waals surface area (Å²) in [7, 11) is 0. The van der Waals surface area contributed by atoms with Crippen LogP contribution in [0.15, 0.2) is 24.3 Å². The molecule has 0 aliphatic carbocycles. The molecule has 30 heavy (non-hydrogen) atoms. The molecule has 0 saturated carbocycles. The Balaban J connectivity index is 1.77. The van der Waals surface area contributed by atoms with Gasteiger partial charge in [0.15, 0.2) is 0 Å². The Bertz CT molecular complexity index is 870. The lowest BCUT2D eigenvalue weighted by Gasteiger charge is -2.29. The number of carbonyl (C=O) groups excluding carboxylic acids is 4. The normalized spacial score (nSPS) is 20.4. The number of amides is 4. The number of piperidine rings is 1. The second kappa shape index (κ2) is 9.08. The van der Waals surface area contributed by atoms with Crippen LogP contribution in [-0.4, -0.2) is 47.2 Å². The smallest absolute Gasteiger partial charge is 0.262 e. The number of fused-ring (bicyclic) bond motifs is 1. The highest BCUT2D eigenvalue weighted by molar-refractivity contribution is 6.22. The summed E-state index contributed by atoms with van der Waals surface area (Å²) >= 11 is 0. The van der Waals surface area contributed by atoms with E-state index in [1.54, 1.807) is 24.3 Å². The number of carbonyl (C=O) groups is 4. The molecule has 1 aromatic rings. The highest BCUT2D eigenvalue weighted by Gasteiger charge is 2.43. The van der Waals surface area contributed by atoms with E-state index in [0.29, 0.717) is 13.0 Å². The highest BCUT2D eigenvalue weighted by atomic mass is 16.2. The van der Waals surface area contributed by atoms with Crippen LogP contribution in [0.3, 0.4) is 0 Å². The highest BCUT2D eigenvalue weighted by Crippen LogP contribution is 2.27. The van der Waals surface area contributed by atoms with Gasteiger partial charge in [-0.1, -0.05) is 26.0 Å². The summed E-state index contributed by atoms with van der Waals surface area (Å²) in [5, 5.41) is 15.0. The van der Waals surface area contributed by atoms with Crippen molar-refractivity contribution in [1.29, 1.82) is 5.26 Å². The predicted molar refractivity (Wildman–Crippen MR) is 108 cm³/mol. The Morgan fingerprint density at radius 3 is 2.40 bits per heavy atom. The summed E-state index contributed by atoms with van der Waals surface area (Å²) in [5.74, 6) is -1.98. The largest absolute Gasteiger partial charge is 0.356 e. The van der Waals surface area contributed by atoms with Crippen LogP contribution >= 0.6 is 0 Å². The zero-order valence-electron chi connectivity index (χ0n) is 17.2. The van der Waals surface area contributed by atoms with E-state index in [2.05, 4.69) is 10.6 Å². The maximum Gasteiger partial charge on any atom is 0.262 e. The third-order valence-corrected chi connectivity index (χ3v) is 5.53. The molecule has 1 aromatic carbocycles. The Kier molecular flexibility index (Phi) is 6.50. The second-order valence-electron chi connectivity index (χ2n) is 8.23. The number of hydrogen-bond donors (Lipinski definition) is 2. The van der Waals surface area contributed by atoms with Crippen molar-refractivity contribution in [2.75, 3.05) is 6.54 Å². The number of rotatable bonds is 7. The van der Waals surface area contributed by atoms with Gasteiger partial charge in [0.25, 0.3) is 11.8 Å². The number of nitrogens with one attached hydrogen (secondary N) is 2. The molecule has 2 heterocycles. The summed E-state index contributed by atoms with van der Waals surface area (Å²) in [4.78, 5) is 51.8. The molecule has 2 aliphatic rings. The number of nitriles is 1. The van der Waals surface area contributed by atoms with E-state index >= 15 is 0 Å². The average Bonchev–Trinajstić information content (AvgIpc) is 2.97. The molecule has 158 valence electrons. The van der Waals surface area contributed by atoms with Crippen LogP contribution in [0.25, 0.3) is 0 Å². The van der Waals surface area contributed by atoms with Gasteiger partial charge in [-0.05, 0) is 43.7 Å². The third-order valence-electron chi connectivity index (χ3n) is 5.53. The van der Waals surface area contributed by atoms with Gasteiger partial charge in [-0.2, -0.15) is 5.26 Å². The first-order chi connectivity index (χ1) is 14.3. The van der Waals surface area contributed by atoms with Crippen molar-refractivity contribution in [1.82, 2.24) is 15.5 Å². The summed E-state index contributed by atoms with van der Waals surface area (Å²) in [6.07, 6.45) is 1.96. The maximum atomic E-state index is 13.1. The first-order valence-electron chi connectivity index (χ1n) is 10.3. The van der Waals surface area contributed by atoms with Gasteiger partial charge >= 0.3 is 0 Å². The van der Waals surface area contributed by atoms with E-state index in [0.717, 1.165) is 11.3 Å². The Morgan fingerprint density at radius 2 is 1.87 bits per heavy atom. The van der Waals surface area contributed by atoms with Crippen molar-refractivity contribution in [3.8, 4) is 6.07 Å². The number of benzene rings is 1. The molecule has 8 heteroatoms. The Labute approximate surface area is 175 Å². The molecule has 0 aromatic heterocycles. The SMILES string of the molecule is CC(C)C[C@@H](C(=O)N[C@H](C#N)C[C@@H]1CCCNC1=O)N1C(=O)c2ccccc2C1=O. The van der Waals surface area contributed by atoms with Gasteiger partial charge in [-0.3, -0.25) is 24.1 Å². The van der Waals surface area contributed by atoms with Crippen molar-refractivity contribution >= 4 is 23.6 Å². The topological polar surface area (TPSA) is 119 Å². The van der Waals surface area contributed by atoms with Crippen molar-refractivity contribution in [2.24, 2.45) is 11.8 Å². The second-order valence-corrected chi connectivity index (χ2v) is 8.23. The monoisotopic (exact) mass is 410 g/mol. The summed E-state index contributed by atoms with van der Waals surface area (Å²) in [6.45, 7) is 4.41. The van der Waals surface area contributed by atoms with E-state index in [-0.39, 0.29) is 41.7 Å². The molecule has 8 nitrogen and oxygen atoms in total. The van der Waals surface area contributed by atoms with E-state index < -0.39 is 29.8 Å². The van der Waals surface area contributed by atoms with Crippen molar-refractivity contribution in [3.05, 3.63) is 35.4 Å². The van der Waals surface area contributed by atoms with E-state index in [1.165, 1.54) is 0 Å². The fraction of sp³-hybridized carbons (Fsp3) is 0.500. The van der Waals surface area contributed by atoms with Crippen LogP contribution < -0.4 is 10.6 Å². The quantitative estimate of drug-likeness (QED) is 0.662. The zero-order chi connectivity index (χ0) is 21.8. The molecule has 1 fully saturated rings. The van der Waals surface area contributed by atoms with Crippen molar-refractivity contribution in [2.45, 2.75) is 51.6 Å². The van der Waals surface area contributed by atoms with Crippen LogP contribution in [0.4, 0.5) is 0 Å². The van der Waals surface area contributed by atoms with Gasteiger partial charge in [0.2, 0.25) is 11.8 Å². The first kappa shape index (κ1) is 21.5. The van der Waals surface area contributed by atoms with Gasteiger partial charge in [0.05, 0.1) is 17.2 Å². The molecule has 4 amide bonds. The van der Waals surface area contributed by atoms with E-state index in [9.17, 15) is 24.4 Å². The minimum Gasteiger partial charge on any atom is -0.356 e. The summed E-state index contributed by atoms with van der Waals surface area (Å²) < 4.78 is 0. The van der Waals surface area contributed by atoms with E-state index in [4.69, 9.17) is 0 Å². The molecule has 3 rings (SSSR count). The van der Waals surface area contributed by atoms with Crippen molar-refractivity contribution in [3.63, 3.8) is 0 Å². The lowest BCUT2D eigenvalue weighted by molar-refractivity contribution is -0.128. The lowest BCUT2D eigenvalue weighted by Crippen LogP contribution is -2.52. The van der Waals surface area contributed by atoms with Crippen molar-refractivity contribution < 1.29 is 19.2 Å². The Morgan fingerprint density at radius 1 is 1.23 bits per heavy atom. The molecule has 0 bridgehead atoms. The standard InChI is InChI=1S/C22H26N4O4/c1-13(2)10-18(26-21(29)16-7-3-4-8-17(16)22(26)30)20(28)25-15(12-23)11-14-6-5-9-24-19(14)27/h3-4,7-8,13-15,18H,5-6,9-11H2,1-2H3,(H,24,27)(H,25,28)/t14-,15-,18-/m0/s1. The van der Waals surface area contributed by atoms with Crippen LogP contribution in [0, 0.1) is 23.2 Å². The number of imide groups is 1. The summed E-state index contributed by atoms with van der Waals surface area (Å²) in [6, 6.07) is 6.62. The molecule has 1 saturated heterocycles. The van der Waals surface area contributed by atoms with Gasteiger partial charge in [-0.15, -0.1) is 0 Å². The zero-order valence-corrected chi connectivity index (χ0v) is 17.2. The molecule has 2 N–H and O–H groups in total. The number of hydrogen-bond acceptors (Lipinski definition) is 5. The van der Waals surface area contributed by atoms with Crippen LogP contribution in [-0.2, 0) is 9.59 Å². The van der Waals surface area contributed by atoms with Crippen LogP contribution in [0.2, 0.25) is 0 Å². The number of nitrogens with zero attached hydrogens (tertiary/aromatic N) is 2. The molecule has 2 aliphatic heterocycles. The molecule has 0 spiro atoms. The van der Waals surface area contributed by atoms with Crippen LogP contribution in [0.1, 0.15) is 60.2 Å². The van der Waals surface area contributed by atoms with Gasteiger partial charge in [-0.25, -0.2) is 0 Å². The van der Waals surface area contributed by atoms with Gasteiger partial charge in [0, 0.05) is 12.5 Å². The summed E-state index contributed by atoms with van der Waals surface area (Å²) in [5.41, 5.74) is 0.555. The van der Waals surface area contributed by atoms with Gasteiger partial charge < -0.3 is 10.6 Å². The van der Waals surface area contributed by atoms with E-state index in [1.807, 2.05) is 19.9 Å². The lowest BCUT2D eigenvalue weighted by atomic mass is 9.91. The molecule has 0 unspecified atom stereocenters. The molecular formula is C22H26N4O4. The molecule has 0 radical (unpaired) electrons. The fourth-order valence-corrected chi connectivity index (χ4v) is 4.02. The maximum absolute atomic E-state index is 13.1. The minimum atomic E-state index is -1.02.